The Balaban J connectivity index is 0.000000696. The molecule has 0 amide bonds. The number of nitrogens with zero attached hydrogens (tertiary/aromatic N) is 1. The highest BCUT2D eigenvalue weighted by atomic mass is 31.2. The molecule has 2 aromatic carbocycles. The lowest BCUT2D eigenvalue weighted by atomic mass is 10.1. The van der Waals surface area contributed by atoms with E-state index in [1.807, 2.05) is 54.6 Å². The minimum atomic E-state index is -4.64. The predicted octanol–water partition coefficient (Wildman–Crippen LogP) is 1.02. The molecule has 9 nitrogen and oxygen atoms in total. The molecular formula is C18H26NO8P. The van der Waals surface area contributed by atoms with Gasteiger partial charge in [0.2, 0.25) is 0 Å². The number of rotatable bonds is 10. The summed E-state index contributed by atoms with van der Waals surface area (Å²) in [6.07, 6.45) is 0. The number of phosphoric acid groups is 1. The summed E-state index contributed by atoms with van der Waals surface area (Å²) in [6.45, 7) is 1.43. The lowest BCUT2D eigenvalue weighted by molar-refractivity contribution is -0.173. The van der Waals surface area contributed by atoms with Gasteiger partial charge in [0.1, 0.15) is 19.0 Å². The first-order chi connectivity index (χ1) is 13.3. The Morgan fingerprint density at radius 3 is 1.93 bits per heavy atom. The summed E-state index contributed by atoms with van der Waals surface area (Å²) >= 11 is 0. The molecule has 0 aliphatic rings. The van der Waals surface area contributed by atoms with Crippen molar-refractivity contribution in [2.75, 3.05) is 39.5 Å². The third-order valence-electron chi connectivity index (χ3n) is 3.29. The Kier molecular flexibility index (Phi) is 11.6. The van der Waals surface area contributed by atoms with Gasteiger partial charge in [-0.25, -0.2) is 4.57 Å². The van der Waals surface area contributed by atoms with E-state index in [0.717, 1.165) is 16.9 Å². The summed E-state index contributed by atoms with van der Waals surface area (Å²) in [5, 5.41) is 19.4. The fourth-order valence-corrected chi connectivity index (χ4v) is 2.23. The maximum Gasteiger partial charge on any atom is 0.466 e. The molecule has 5 N–H and O–H groups in total. The molecule has 10 heteroatoms. The summed E-state index contributed by atoms with van der Waals surface area (Å²) in [7, 11) is -4.64. The maximum atomic E-state index is 8.93. The molecule has 0 saturated heterocycles. The van der Waals surface area contributed by atoms with Crippen molar-refractivity contribution in [3.8, 4) is 16.9 Å². The lowest BCUT2D eigenvalue weighted by Crippen LogP contribution is -2.31. The van der Waals surface area contributed by atoms with Crippen LogP contribution in [0.2, 0.25) is 0 Å². The first-order valence-corrected chi connectivity index (χ1v) is 10.1. The van der Waals surface area contributed by atoms with E-state index in [1.54, 1.807) is 0 Å². The van der Waals surface area contributed by atoms with Crippen molar-refractivity contribution in [1.82, 2.24) is 5.06 Å². The molecule has 2 rings (SSSR count). The minimum Gasteiger partial charge on any atom is -0.490 e. The van der Waals surface area contributed by atoms with E-state index < -0.39 is 7.82 Å². The summed E-state index contributed by atoms with van der Waals surface area (Å²) in [4.78, 5) is 27.0. The van der Waals surface area contributed by atoms with Gasteiger partial charge < -0.3 is 29.6 Å². The molecule has 0 bridgehead atoms. The Morgan fingerprint density at radius 1 is 0.821 bits per heavy atom. The molecule has 0 aliphatic carbocycles. The average molecular weight is 415 g/mol. The zero-order valence-electron chi connectivity index (χ0n) is 15.3. The van der Waals surface area contributed by atoms with Crippen LogP contribution in [0.3, 0.4) is 0 Å². The first-order valence-electron chi connectivity index (χ1n) is 8.50. The van der Waals surface area contributed by atoms with Crippen molar-refractivity contribution in [3.05, 3.63) is 54.6 Å². The van der Waals surface area contributed by atoms with Crippen molar-refractivity contribution in [1.29, 1.82) is 0 Å². The third kappa shape index (κ3) is 11.1. The number of aliphatic hydroxyl groups excluding tert-OH is 2. The molecule has 0 aliphatic heterocycles. The minimum absolute atomic E-state index is 0.0162. The van der Waals surface area contributed by atoms with Gasteiger partial charge in [0.15, 0.2) is 0 Å². The highest BCUT2D eigenvalue weighted by molar-refractivity contribution is 7.45. The van der Waals surface area contributed by atoms with E-state index in [0.29, 0.717) is 26.3 Å². The summed E-state index contributed by atoms with van der Waals surface area (Å²) < 4.78 is 14.7. The molecule has 0 atom stereocenters. The molecule has 0 heterocycles. The zero-order chi connectivity index (χ0) is 20.8. The van der Waals surface area contributed by atoms with Crippen LogP contribution in [-0.2, 0) is 9.40 Å². The lowest BCUT2D eigenvalue weighted by Gasteiger charge is -2.20. The van der Waals surface area contributed by atoms with Crippen molar-refractivity contribution in [2.24, 2.45) is 0 Å². The summed E-state index contributed by atoms with van der Waals surface area (Å²) in [5.74, 6) is 0.804. The van der Waals surface area contributed by atoms with Gasteiger partial charge in [-0.05, 0) is 11.6 Å². The van der Waals surface area contributed by atoms with Crippen LogP contribution in [0.5, 0.6) is 5.75 Å². The van der Waals surface area contributed by atoms with E-state index in [2.05, 4.69) is 0 Å². The number of hydroxylamine groups is 2. The summed E-state index contributed by atoms with van der Waals surface area (Å²) in [6, 6.07) is 17.9. The second kappa shape index (κ2) is 13.4. The van der Waals surface area contributed by atoms with Crippen molar-refractivity contribution >= 4 is 7.82 Å². The Labute approximate surface area is 163 Å². The molecular weight excluding hydrogens is 389 g/mol. The third-order valence-corrected chi connectivity index (χ3v) is 3.29. The van der Waals surface area contributed by atoms with Crippen LogP contribution in [0.4, 0.5) is 0 Å². The van der Waals surface area contributed by atoms with E-state index in [9.17, 15) is 0 Å². The van der Waals surface area contributed by atoms with Crippen molar-refractivity contribution < 1.29 is 39.0 Å². The Morgan fingerprint density at radius 2 is 1.36 bits per heavy atom. The molecule has 0 fully saturated rings. The van der Waals surface area contributed by atoms with Gasteiger partial charge in [0, 0.05) is 18.7 Å². The number of ether oxygens (including phenoxy) is 1. The van der Waals surface area contributed by atoms with Crippen LogP contribution >= 0.6 is 7.82 Å². The van der Waals surface area contributed by atoms with Gasteiger partial charge in [0.25, 0.3) is 0 Å². The standard InChI is InChI=1S/C18H23NO4.H3O4P/c20-12-10-19(11-13-21)23-15-14-22-18-9-5-4-8-17(18)16-6-2-1-3-7-16;1-5(2,3)4/h1-9,20-21H,10-15H2;(H3,1,2,3,4). The average Bonchev–Trinajstić information content (AvgIpc) is 2.65. The van der Waals surface area contributed by atoms with Crippen LogP contribution < -0.4 is 4.74 Å². The van der Waals surface area contributed by atoms with Crippen LogP contribution in [0.1, 0.15) is 0 Å². The smallest absolute Gasteiger partial charge is 0.466 e. The molecule has 0 unspecified atom stereocenters. The number of aliphatic hydroxyl groups is 2. The van der Waals surface area contributed by atoms with Gasteiger partial charge in [-0.3, -0.25) is 4.84 Å². The number of para-hydroxylation sites is 1. The zero-order valence-corrected chi connectivity index (χ0v) is 16.2. The fourth-order valence-electron chi connectivity index (χ4n) is 2.23. The maximum absolute atomic E-state index is 8.93. The molecule has 0 aromatic heterocycles. The Hall–Kier alpha value is -1.81. The van der Waals surface area contributed by atoms with Gasteiger partial charge >= 0.3 is 7.82 Å². The van der Waals surface area contributed by atoms with Gasteiger partial charge in [-0.1, -0.05) is 48.5 Å². The number of hydrogen-bond acceptors (Lipinski definition) is 6. The van der Waals surface area contributed by atoms with E-state index >= 15 is 0 Å². The molecule has 2 aromatic rings. The number of hydrogen-bond donors (Lipinski definition) is 5. The van der Waals surface area contributed by atoms with Crippen molar-refractivity contribution in [2.45, 2.75) is 0 Å². The Bertz CT molecular complexity index is 695. The highest BCUT2D eigenvalue weighted by Crippen LogP contribution is 2.29. The van der Waals surface area contributed by atoms with E-state index in [-0.39, 0.29) is 13.2 Å². The topological polar surface area (TPSA) is 140 Å². The van der Waals surface area contributed by atoms with E-state index in [4.69, 9.17) is 39.0 Å². The SMILES string of the molecule is O=P(O)(O)O.OCCN(CCO)OCCOc1ccccc1-c1ccccc1. The second-order valence-electron chi connectivity index (χ2n) is 5.43. The van der Waals surface area contributed by atoms with E-state index in [1.165, 1.54) is 5.06 Å². The van der Waals surface area contributed by atoms with Crippen LogP contribution in [0.15, 0.2) is 54.6 Å². The molecule has 0 saturated carbocycles. The quantitative estimate of drug-likeness (QED) is 0.219. The first kappa shape index (κ1) is 24.2. The van der Waals surface area contributed by atoms with Crippen molar-refractivity contribution in [3.63, 3.8) is 0 Å². The molecule has 0 radical (unpaired) electrons. The predicted molar refractivity (Wildman–Crippen MR) is 103 cm³/mol. The highest BCUT2D eigenvalue weighted by Gasteiger charge is 2.07. The normalized spacial score (nSPS) is 11.1. The fraction of sp³-hybridized carbons (Fsp3) is 0.333. The van der Waals surface area contributed by atoms with Gasteiger partial charge in [-0.15, -0.1) is 0 Å². The number of benzene rings is 2. The second-order valence-corrected chi connectivity index (χ2v) is 6.46. The molecule has 156 valence electrons. The van der Waals surface area contributed by atoms with Gasteiger partial charge in [-0.2, -0.15) is 5.06 Å². The molecule has 28 heavy (non-hydrogen) atoms. The molecule has 0 spiro atoms. The van der Waals surface area contributed by atoms with Gasteiger partial charge in [0.05, 0.1) is 13.2 Å². The monoisotopic (exact) mass is 415 g/mol. The van der Waals surface area contributed by atoms with Crippen LogP contribution in [-0.4, -0.2) is 69.5 Å². The largest absolute Gasteiger partial charge is 0.490 e. The van der Waals surface area contributed by atoms with Crippen LogP contribution in [0, 0.1) is 0 Å². The summed E-state index contributed by atoms with van der Waals surface area (Å²) in [5.41, 5.74) is 2.14. The van der Waals surface area contributed by atoms with Crippen LogP contribution in [0.25, 0.3) is 11.1 Å².